The van der Waals surface area contributed by atoms with E-state index < -0.39 is 0 Å². The molecule has 1 fully saturated rings. The molecule has 2 heterocycles. The van der Waals surface area contributed by atoms with Crippen molar-refractivity contribution in [2.24, 2.45) is 5.92 Å². The Labute approximate surface area is 126 Å². The molecule has 1 aliphatic rings. The number of hydrogen-bond acceptors (Lipinski definition) is 3. The summed E-state index contributed by atoms with van der Waals surface area (Å²) in [5.41, 5.74) is 2.35. The second-order valence-corrected chi connectivity index (χ2v) is 6.24. The predicted molar refractivity (Wildman–Crippen MR) is 86.8 cm³/mol. The van der Waals surface area contributed by atoms with E-state index in [-0.39, 0.29) is 0 Å². The first-order valence-corrected chi connectivity index (χ1v) is 7.69. The number of rotatable bonds is 3. The summed E-state index contributed by atoms with van der Waals surface area (Å²) in [6, 6.07) is 9.59. The number of nitrogens with one attached hydrogen (secondary N) is 1. The van der Waals surface area contributed by atoms with Crippen LogP contribution in [0, 0.1) is 5.92 Å². The second-order valence-electron chi connectivity index (χ2n) is 6.24. The van der Waals surface area contributed by atoms with Gasteiger partial charge in [-0.3, -0.25) is 0 Å². The van der Waals surface area contributed by atoms with E-state index in [4.69, 9.17) is 0 Å². The third-order valence-corrected chi connectivity index (χ3v) is 4.64. The third kappa shape index (κ3) is 2.95. The molecule has 1 aromatic heterocycles. The number of anilines is 1. The zero-order valence-corrected chi connectivity index (χ0v) is 13.0. The minimum Gasteiger partial charge on any atom is -0.380 e. The van der Waals surface area contributed by atoms with Crippen molar-refractivity contribution in [3.05, 3.63) is 43.0 Å². The fourth-order valence-corrected chi connectivity index (χ4v) is 3.16. The topological polar surface area (TPSA) is 33.1 Å². The molecule has 0 aliphatic carbocycles. The van der Waals surface area contributed by atoms with Crippen molar-refractivity contribution in [1.82, 2.24) is 14.5 Å². The molecule has 1 aromatic carbocycles. The monoisotopic (exact) mass is 284 g/mol. The lowest BCUT2D eigenvalue weighted by Crippen LogP contribution is -2.48. The van der Waals surface area contributed by atoms with Crippen LogP contribution in [-0.2, 0) is 0 Å². The van der Waals surface area contributed by atoms with E-state index in [1.165, 1.54) is 12.1 Å². The minimum absolute atomic E-state index is 0.515. The van der Waals surface area contributed by atoms with Crippen LogP contribution >= 0.6 is 0 Å². The first-order chi connectivity index (χ1) is 10.1. The number of benzene rings is 1. The molecule has 3 rings (SSSR count). The normalized spacial score (nSPS) is 26.7. The summed E-state index contributed by atoms with van der Waals surface area (Å²) in [5, 5.41) is 3.76. The zero-order valence-electron chi connectivity index (χ0n) is 13.0. The summed E-state index contributed by atoms with van der Waals surface area (Å²) in [6.45, 7) is 5.79. The van der Waals surface area contributed by atoms with E-state index in [2.05, 4.69) is 64.9 Å². The summed E-state index contributed by atoms with van der Waals surface area (Å²) in [4.78, 5) is 6.60. The lowest BCUT2D eigenvalue weighted by Gasteiger charge is -2.40. The van der Waals surface area contributed by atoms with E-state index in [1.807, 2.05) is 18.7 Å². The molecular formula is C17H24N4. The Morgan fingerprint density at radius 3 is 2.81 bits per heavy atom. The van der Waals surface area contributed by atoms with Crippen molar-refractivity contribution >= 4 is 5.69 Å². The maximum Gasteiger partial charge on any atom is 0.0992 e. The SMILES string of the molecule is CC1CN(C)C(C)CC1Nc1ccccc1-n1ccnc1. The van der Waals surface area contributed by atoms with Gasteiger partial charge in [-0.1, -0.05) is 19.1 Å². The maximum absolute atomic E-state index is 4.15. The van der Waals surface area contributed by atoms with E-state index in [9.17, 15) is 0 Å². The fourth-order valence-electron chi connectivity index (χ4n) is 3.16. The zero-order chi connectivity index (χ0) is 14.8. The van der Waals surface area contributed by atoms with Gasteiger partial charge in [-0.2, -0.15) is 0 Å². The van der Waals surface area contributed by atoms with Gasteiger partial charge in [0.15, 0.2) is 0 Å². The lowest BCUT2D eigenvalue weighted by molar-refractivity contribution is 0.145. The molecular weight excluding hydrogens is 260 g/mol. The van der Waals surface area contributed by atoms with Gasteiger partial charge in [-0.25, -0.2) is 4.98 Å². The maximum atomic E-state index is 4.15. The van der Waals surface area contributed by atoms with Gasteiger partial charge in [0.2, 0.25) is 0 Å². The average molecular weight is 284 g/mol. The molecule has 0 bridgehead atoms. The molecule has 21 heavy (non-hydrogen) atoms. The van der Waals surface area contributed by atoms with Crippen molar-refractivity contribution in [1.29, 1.82) is 0 Å². The molecule has 4 nitrogen and oxygen atoms in total. The summed E-state index contributed by atoms with van der Waals surface area (Å²) in [6.07, 6.45) is 6.83. The van der Waals surface area contributed by atoms with Gasteiger partial charge >= 0.3 is 0 Å². The highest BCUT2D eigenvalue weighted by molar-refractivity contribution is 5.61. The molecule has 0 saturated carbocycles. The first-order valence-electron chi connectivity index (χ1n) is 7.69. The Bertz CT molecular complexity index is 578. The molecule has 3 atom stereocenters. The smallest absolute Gasteiger partial charge is 0.0992 e. The number of imidazole rings is 1. The van der Waals surface area contributed by atoms with Gasteiger partial charge < -0.3 is 14.8 Å². The number of hydrogen-bond donors (Lipinski definition) is 1. The van der Waals surface area contributed by atoms with Crippen molar-refractivity contribution in [2.75, 3.05) is 18.9 Å². The molecule has 0 radical (unpaired) electrons. The molecule has 1 aliphatic heterocycles. The van der Waals surface area contributed by atoms with Crippen molar-refractivity contribution < 1.29 is 0 Å². The Balaban J connectivity index is 1.82. The molecule has 2 aromatic rings. The average Bonchev–Trinajstić information content (AvgIpc) is 2.99. The Hall–Kier alpha value is -1.81. The van der Waals surface area contributed by atoms with Crippen LogP contribution in [0.15, 0.2) is 43.0 Å². The van der Waals surface area contributed by atoms with Gasteiger partial charge in [0.25, 0.3) is 0 Å². The summed E-state index contributed by atoms with van der Waals surface area (Å²) in [5.74, 6) is 0.641. The number of piperidine rings is 1. The quantitative estimate of drug-likeness (QED) is 0.940. The van der Waals surface area contributed by atoms with E-state index in [0.717, 1.165) is 12.2 Å². The molecule has 4 heteroatoms. The highest BCUT2D eigenvalue weighted by Gasteiger charge is 2.29. The summed E-state index contributed by atoms with van der Waals surface area (Å²) in [7, 11) is 2.22. The summed E-state index contributed by atoms with van der Waals surface area (Å²) >= 11 is 0. The Kier molecular flexibility index (Phi) is 3.97. The van der Waals surface area contributed by atoms with Crippen molar-refractivity contribution in [3.63, 3.8) is 0 Å². The van der Waals surface area contributed by atoms with Crippen LogP contribution in [0.3, 0.4) is 0 Å². The standard InChI is InChI=1S/C17H24N4/c1-13-11-20(3)14(2)10-16(13)19-15-6-4-5-7-17(15)21-9-8-18-12-21/h4-9,12-14,16,19H,10-11H2,1-3H3. The van der Waals surface area contributed by atoms with Crippen LogP contribution in [0.4, 0.5) is 5.69 Å². The largest absolute Gasteiger partial charge is 0.380 e. The van der Waals surface area contributed by atoms with E-state index in [1.54, 1.807) is 0 Å². The van der Waals surface area contributed by atoms with Crippen LogP contribution in [0.5, 0.6) is 0 Å². The number of para-hydroxylation sites is 2. The van der Waals surface area contributed by atoms with Crippen molar-refractivity contribution in [3.8, 4) is 5.69 Å². The van der Waals surface area contributed by atoms with Crippen LogP contribution in [0.25, 0.3) is 5.69 Å². The number of likely N-dealkylation sites (tertiary alicyclic amines) is 1. The van der Waals surface area contributed by atoms with Gasteiger partial charge in [-0.05, 0) is 38.4 Å². The van der Waals surface area contributed by atoms with Gasteiger partial charge in [-0.15, -0.1) is 0 Å². The Morgan fingerprint density at radius 1 is 1.24 bits per heavy atom. The van der Waals surface area contributed by atoms with Gasteiger partial charge in [0.05, 0.1) is 17.7 Å². The van der Waals surface area contributed by atoms with Crippen LogP contribution in [0.1, 0.15) is 20.3 Å². The molecule has 3 unspecified atom stereocenters. The van der Waals surface area contributed by atoms with Crippen LogP contribution < -0.4 is 5.32 Å². The molecule has 0 amide bonds. The lowest BCUT2D eigenvalue weighted by atomic mass is 9.89. The predicted octanol–water partition coefficient (Wildman–Crippen LogP) is 3.01. The van der Waals surface area contributed by atoms with Crippen LogP contribution in [-0.4, -0.2) is 40.1 Å². The molecule has 0 spiro atoms. The highest BCUT2D eigenvalue weighted by Crippen LogP contribution is 2.27. The minimum atomic E-state index is 0.515. The number of aromatic nitrogens is 2. The van der Waals surface area contributed by atoms with E-state index in [0.29, 0.717) is 18.0 Å². The Morgan fingerprint density at radius 2 is 2.05 bits per heavy atom. The molecule has 1 saturated heterocycles. The second kappa shape index (κ2) is 5.90. The fraction of sp³-hybridized carbons (Fsp3) is 0.471. The first kappa shape index (κ1) is 14.1. The van der Waals surface area contributed by atoms with Crippen LogP contribution in [0.2, 0.25) is 0 Å². The highest BCUT2D eigenvalue weighted by atomic mass is 15.2. The van der Waals surface area contributed by atoms with Gasteiger partial charge in [0.1, 0.15) is 0 Å². The molecule has 1 N–H and O–H groups in total. The third-order valence-electron chi connectivity index (χ3n) is 4.64. The van der Waals surface area contributed by atoms with Gasteiger partial charge in [0, 0.05) is 31.0 Å². The van der Waals surface area contributed by atoms with E-state index >= 15 is 0 Å². The number of nitrogens with zero attached hydrogens (tertiary/aromatic N) is 3. The van der Waals surface area contributed by atoms with Crippen molar-refractivity contribution in [2.45, 2.75) is 32.4 Å². The molecule has 112 valence electrons. The summed E-state index contributed by atoms with van der Waals surface area (Å²) < 4.78 is 2.06.